The molecule has 0 amide bonds. The third-order valence-electron chi connectivity index (χ3n) is 4.41. The van der Waals surface area contributed by atoms with Crippen molar-refractivity contribution in [3.63, 3.8) is 0 Å². The van der Waals surface area contributed by atoms with Crippen molar-refractivity contribution >= 4 is 11.6 Å². The summed E-state index contributed by atoms with van der Waals surface area (Å²) in [6, 6.07) is 12.8. The van der Waals surface area contributed by atoms with Gasteiger partial charge in [-0.2, -0.15) is 0 Å². The highest BCUT2D eigenvalue weighted by molar-refractivity contribution is 5.53. The first-order valence-electron chi connectivity index (χ1n) is 8.50. The summed E-state index contributed by atoms with van der Waals surface area (Å²) in [5.41, 5.74) is 3.80. The van der Waals surface area contributed by atoms with Crippen LogP contribution in [0, 0.1) is 11.6 Å². The molecule has 0 unspecified atom stereocenters. The Kier molecular flexibility index (Phi) is 4.58. The van der Waals surface area contributed by atoms with Gasteiger partial charge in [0, 0.05) is 43.5 Å². The predicted octanol–water partition coefficient (Wildman–Crippen LogP) is 4.06. The fourth-order valence-corrected chi connectivity index (χ4v) is 3.13. The minimum absolute atomic E-state index is 0.209. The summed E-state index contributed by atoms with van der Waals surface area (Å²) in [5, 5.41) is 3.09. The Morgan fingerprint density at radius 2 is 1.88 bits per heavy atom. The lowest BCUT2D eigenvalue weighted by Gasteiger charge is -2.28. The number of halogens is 2. The number of anilines is 2. The Morgan fingerprint density at radius 1 is 1.04 bits per heavy atom. The first-order valence-corrected chi connectivity index (χ1v) is 8.50. The molecule has 2 heterocycles. The van der Waals surface area contributed by atoms with Crippen LogP contribution in [-0.2, 0) is 19.5 Å². The molecule has 0 atom stereocenters. The maximum absolute atomic E-state index is 13.3. The van der Waals surface area contributed by atoms with Gasteiger partial charge >= 0.3 is 0 Å². The molecule has 3 aromatic rings. The first-order chi connectivity index (χ1) is 12.7. The summed E-state index contributed by atoms with van der Waals surface area (Å²) < 4.78 is 26.3. The van der Waals surface area contributed by atoms with Crippen molar-refractivity contribution in [1.82, 2.24) is 14.9 Å². The summed E-state index contributed by atoms with van der Waals surface area (Å²) >= 11 is 0. The van der Waals surface area contributed by atoms with Crippen molar-refractivity contribution in [2.45, 2.75) is 19.5 Å². The molecule has 0 radical (unpaired) electrons. The summed E-state index contributed by atoms with van der Waals surface area (Å²) in [5.74, 6) is 0.0222. The molecule has 2 aromatic carbocycles. The normalized spacial score (nSPS) is 14.1. The topological polar surface area (TPSA) is 41.1 Å². The highest BCUT2D eigenvalue weighted by Crippen LogP contribution is 2.21. The molecule has 1 N–H and O–H groups in total. The Hall–Kier alpha value is -2.86. The van der Waals surface area contributed by atoms with E-state index in [0.29, 0.717) is 12.5 Å². The quantitative estimate of drug-likeness (QED) is 0.769. The van der Waals surface area contributed by atoms with Crippen LogP contribution >= 0.6 is 0 Å². The molecular formula is C20H18F2N4. The van der Waals surface area contributed by atoms with Crippen LogP contribution in [0.2, 0.25) is 0 Å². The summed E-state index contributed by atoms with van der Waals surface area (Å²) in [6.07, 6.45) is 2.64. The highest BCUT2D eigenvalue weighted by Gasteiger charge is 2.18. The number of rotatable bonds is 4. The number of nitrogens with one attached hydrogen (secondary N) is 1. The number of nitrogens with zero attached hydrogens (tertiary/aromatic N) is 3. The molecule has 4 rings (SSSR count). The lowest BCUT2D eigenvalue weighted by atomic mass is 10.1. The van der Waals surface area contributed by atoms with Gasteiger partial charge in [-0.15, -0.1) is 0 Å². The maximum atomic E-state index is 13.3. The van der Waals surface area contributed by atoms with E-state index in [0.717, 1.165) is 42.0 Å². The molecule has 0 saturated heterocycles. The van der Waals surface area contributed by atoms with Crippen molar-refractivity contribution in [2.75, 3.05) is 11.9 Å². The Balaban J connectivity index is 1.44. The molecule has 0 spiro atoms. The molecule has 0 fully saturated rings. The molecule has 0 saturated carbocycles. The van der Waals surface area contributed by atoms with E-state index in [1.165, 1.54) is 18.2 Å². The van der Waals surface area contributed by atoms with Crippen LogP contribution in [0.5, 0.6) is 0 Å². The van der Waals surface area contributed by atoms with Gasteiger partial charge in [-0.3, -0.25) is 4.90 Å². The molecule has 26 heavy (non-hydrogen) atoms. The average Bonchev–Trinajstić information content (AvgIpc) is 2.64. The van der Waals surface area contributed by atoms with E-state index in [4.69, 9.17) is 0 Å². The van der Waals surface area contributed by atoms with Gasteiger partial charge in [0.05, 0.1) is 5.69 Å². The smallest absolute Gasteiger partial charge is 0.227 e. The minimum atomic E-state index is -0.278. The Bertz CT molecular complexity index is 912. The summed E-state index contributed by atoms with van der Waals surface area (Å²) in [6.45, 7) is 2.30. The Morgan fingerprint density at radius 3 is 2.69 bits per heavy atom. The van der Waals surface area contributed by atoms with Gasteiger partial charge in [0.2, 0.25) is 5.95 Å². The van der Waals surface area contributed by atoms with E-state index < -0.39 is 0 Å². The van der Waals surface area contributed by atoms with Crippen molar-refractivity contribution in [1.29, 1.82) is 0 Å². The van der Waals surface area contributed by atoms with Crippen molar-refractivity contribution in [3.8, 4) is 0 Å². The van der Waals surface area contributed by atoms with E-state index in [9.17, 15) is 8.78 Å². The molecule has 1 aromatic heterocycles. The van der Waals surface area contributed by atoms with Crippen LogP contribution < -0.4 is 5.32 Å². The molecule has 132 valence electrons. The van der Waals surface area contributed by atoms with Crippen LogP contribution in [0.4, 0.5) is 20.4 Å². The second-order valence-corrected chi connectivity index (χ2v) is 6.39. The standard InChI is InChI=1S/C20H18F2N4/c21-16-4-6-18(7-5-16)24-20-23-11-15-13-26(9-8-19(15)25-20)12-14-2-1-3-17(22)10-14/h1-7,10-11H,8-9,12-13H2,(H,23,24,25). The number of hydrogen-bond acceptors (Lipinski definition) is 4. The highest BCUT2D eigenvalue weighted by atomic mass is 19.1. The van der Waals surface area contributed by atoms with Gasteiger partial charge < -0.3 is 5.32 Å². The minimum Gasteiger partial charge on any atom is -0.324 e. The zero-order valence-corrected chi connectivity index (χ0v) is 14.1. The van der Waals surface area contributed by atoms with E-state index in [1.807, 2.05) is 12.3 Å². The predicted molar refractivity (Wildman–Crippen MR) is 95.9 cm³/mol. The monoisotopic (exact) mass is 352 g/mol. The zero-order valence-electron chi connectivity index (χ0n) is 14.1. The van der Waals surface area contributed by atoms with E-state index in [-0.39, 0.29) is 11.6 Å². The number of aromatic nitrogens is 2. The molecule has 0 aliphatic carbocycles. The van der Waals surface area contributed by atoms with Gasteiger partial charge in [-0.25, -0.2) is 18.7 Å². The van der Waals surface area contributed by atoms with Gasteiger partial charge in [-0.05, 0) is 42.0 Å². The van der Waals surface area contributed by atoms with E-state index >= 15 is 0 Å². The van der Waals surface area contributed by atoms with Gasteiger partial charge in [0.25, 0.3) is 0 Å². The fraction of sp³-hybridized carbons (Fsp3) is 0.200. The van der Waals surface area contributed by atoms with Crippen LogP contribution in [0.25, 0.3) is 0 Å². The van der Waals surface area contributed by atoms with E-state index in [1.54, 1.807) is 24.3 Å². The maximum Gasteiger partial charge on any atom is 0.227 e. The Labute approximate surface area is 150 Å². The van der Waals surface area contributed by atoms with Gasteiger partial charge in [0.1, 0.15) is 11.6 Å². The van der Waals surface area contributed by atoms with Crippen LogP contribution in [0.3, 0.4) is 0 Å². The molecular weight excluding hydrogens is 334 g/mol. The first kappa shape index (κ1) is 16.6. The van der Waals surface area contributed by atoms with Crippen LogP contribution in [-0.4, -0.2) is 21.4 Å². The number of hydrogen-bond donors (Lipinski definition) is 1. The van der Waals surface area contributed by atoms with Crippen molar-refractivity contribution in [2.24, 2.45) is 0 Å². The second-order valence-electron chi connectivity index (χ2n) is 6.39. The summed E-state index contributed by atoms with van der Waals surface area (Å²) in [7, 11) is 0. The largest absolute Gasteiger partial charge is 0.324 e. The molecule has 1 aliphatic rings. The molecule has 4 nitrogen and oxygen atoms in total. The van der Waals surface area contributed by atoms with Crippen molar-refractivity contribution < 1.29 is 8.78 Å². The fourth-order valence-electron chi connectivity index (χ4n) is 3.13. The molecule has 0 bridgehead atoms. The zero-order chi connectivity index (χ0) is 17.9. The van der Waals surface area contributed by atoms with Gasteiger partial charge in [-0.1, -0.05) is 12.1 Å². The molecule has 6 heteroatoms. The number of benzene rings is 2. The van der Waals surface area contributed by atoms with Crippen molar-refractivity contribution in [3.05, 3.63) is 83.2 Å². The molecule has 1 aliphatic heterocycles. The van der Waals surface area contributed by atoms with Crippen LogP contribution in [0.1, 0.15) is 16.8 Å². The lowest BCUT2D eigenvalue weighted by Crippen LogP contribution is -2.31. The lowest BCUT2D eigenvalue weighted by molar-refractivity contribution is 0.242. The summed E-state index contributed by atoms with van der Waals surface area (Å²) in [4.78, 5) is 11.2. The van der Waals surface area contributed by atoms with E-state index in [2.05, 4.69) is 20.2 Å². The SMILES string of the molecule is Fc1ccc(Nc2ncc3c(n2)CCN(Cc2cccc(F)c2)C3)cc1. The second kappa shape index (κ2) is 7.17. The average molecular weight is 352 g/mol. The number of fused-ring (bicyclic) bond motifs is 1. The third kappa shape index (κ3) is 3.86. The third-order valence-corrected chi connectivity index (χ3v) is 4.41. The van der Waals surface area contributed by atoms with Gasteiger partial charge in [0.15, 0.2) is 0 Å². The van der Waals surface area contributed by atoms with Crippen LogP contribution in [0.15, 0.2) is 54.7 Å².